The van der Waals surface area contributed by atoms with Gasteiger partial charge in [-0.3, -0.25) is 14.4 Å². The molecule has 0 saturated carbocycles. The molecule has 4 rings (SSSR count). The van der Waals surface area contributed by atoms with Gasteiger partial charge in [-0.25, -0.2) is 8.42 Å². The molecule has 0 bridgehead atoms. The van der Waals surface area contributed by atoms with Crippen molar-refractivity contribution in [1.82, 2.24) is 9.21 Å². The fourth-order valence-electron chi connectivity index (χ4n) is 5.76. The van der Waals surface area contributed by atoms with Gasteiger partial charge in [0.05, 0.1) is 41.9 Å². The summed E-state index contributed by atoms with van der Waals surface area (Å²) in [6.07, 6.45) is 1.79. The monoisotopic (exact) mass is 707 g/mol. The second kappa shape index (κ2) is 17.5. The van der Waals surface area contributed by atoms with E-state index in [4.69, 9.17) is 10.5 Å². The number of benzene rings is 3. The average Bonchev–Trinajstić information content (AvgIpc) is 3.12. The van der Waals surface area contributed by atoms with Crippen LogP contribution in [0.25, 0.3) is 0 Å². The predicted octanol–water partition coefficient (Wildman–Crippen LogP) is 4.57. The van der Waals surface area contributed by atoms with Crippen molar-refractivity contribution in [2.24, 2.45) is 5.92 Å². The Balaban J connectivity index is 1.41. The van der Waals surface area contributed by atoms with Crippen LogP contribution in [0, 0.1) is 12.8 Å². The third-order valence-electron chi connectivity index (χ3n) is 8.91. The van der Waals surface area contributed by atoms with Crippen LogP contribution in [0.15, 0.2) is 71.6 Å². The van der Waals surface area contributed by atoms with Crippen molar-refractivity contribution in [2.75, 3.05) is 43.1 Å². The first-order valence-electron chi connectivity index (χ1n) is 17.0. The maximum atomic E-state index is 13.6. The Morgan fingerprint density at radius 1 is 1.02 bits per heavy atom. The maximum absolute atomic E-state index is 13.6. The standard InChI is InChI=1S/C37H49N5O7S/c1-25-14-17-30(18-15-25)50(47,48)41(4)23-34-26(2)22-42(27(3)24-43)37(46)21-28-20-29(16-19-33(28)49-34)39-35(44)12-6-5-7-13-36(45)40-32-11-9-8-10-31(32)38/h8-11,14-20,26-27,34,43H,5-7,12-13,21-24,38H2,1-4H3,(H,39,44)(H,40,45)/t26-,27+,34+/m0/s1. The number of nitrogen functional groups attached to an aromatic ring is 1. The maximum Gasteiger partial charge on any atom is 0.242 e. The number of likely N-dealkylation sites (N-methyl/N-ethyl adjacent to an activating group) is 1. The van der Waals surface area contributed by atoms with E-state index in [0.717, 1.165) is 5.56 Å². The van der Waals surface area contributed by atoms with Crippen molar-refractivity contribution >= 4 is 44.8 Å². The Kier molecular flexibility index (Phi) is 13.4. The minimum absolute atomic E-state index is 0.0206. The van der Waals surface area contributed by atoms with E-state index in [0.29, 0.717) is 54.1 Å². The number of fused-ring (bicyclic) bond motifs is 1. The van der Waals surface area contributed by atoms with Gasteiger partial charge in [-0.2, -0.15) is 4.31 Å². The summed E-state index contributed by atoms with van der Waals surface area (Å²) in [4.78, 5) is 40.4. The number of hydrogen-bond donors (Lipinski definition) is 4. The third kappa shape index (κ3) is 10.3. The van der Waals surface area contributed by atoms with Gasteiger partial charge >= 0.3 is 0 Å². The summed E-state index contributed by atoms with van der Waals surface area (Å²) in [6, 6.07) is 18.3. The van der Waals surface area contributed by atoms with Crippen LogP contribution in [0.2, 0.25) is 0 Å². The van der Waals surface area contributed by atoms with Crippen LogP contribution in [0.4, 0.5) is 17.1 Å². The molecule has 3 amide bonds. The van der Waals surface area contributed by atoms with Gasteiger partial charge in [0.2, 0.25) is 27.7 Å². The van der Waals surface area contributed by atoms with Gasteiger partial charge in [0, 0.05) is 43.6 Å². The minimum Gasteiger partial charge on any atom is -0.488 e. The number of rotatable bonds is 14. The number of aryl methyl sites for hydroxylation is 1. The summed E-state index contributed by atoms with van der Waals surface area (Å²) >= 11 is 0. The molecule has 0 saturated heterocycles. The van der Waals surface area contributed by atoms with Crippen molar-refractivity contribution in [2.45, 2.75) is 76.3 Å². The molecule has 1 heterocycles. The number of aliphatic hydroxyl groups is 1. The summed E-state index contributed by atoms with van der Waals surface area (Å²) in [5, 5.41) is 15.6. The quantitative estimate of drug-likeness (QED) is 0.139. The summed E-state index contributed by atoms with van der Waals surface area (Å²) in [7, 11) is -2.31. The molecule has 13 heteroatoms. The first-order chi connectivity index (χ1) is 23.8. The Morgan fingerprint density at radius 3 is 2.34 bits per heavy atom. The van der Waals surface area contributed by atoms with E-state index in [1.54, 1.807) is 78.6 Å². The van der Waals surface area contributed by atoms with E-state index in [1.807, 2.05) is 13.8 Å². The van der Waals surface area contributed by atoms with Gasteiger partial charge in [-0.05, 0) is 69.2 Å². The zero-order chi connectivity index (χ0) is 36.4. The van der Waals surface area contributed by atoms with Gasteiger partial charge in [0.15, 0.2) is 0 Å². The van der Waals surface area contributed by atoms with Crippen LogP contribution in [0.3, 0.4) is 0 Å². The zero-order valence-electron chi connectivity index (χ0n) is 29.2. The fraction of sp³-hybridized carbons (Fsp3) is 0.432. The Morgan fingerprint density at radius 2 is 1.68 bits per heavy atom. The summed E-state index contributed by atoms with van der Waals surface area (Å²) in [5.41, 5.74) is 8.94. The van der Waals surface area contributed by atoms with Crippen LogP contribution in [0.1, 0.15) is 57.1 Å². The molecule has 270 valence electrons. The van der Waals surface area contributed by atoms with E-state index >= 15 is 0 Å². The lowest BCUT2D eigenvalue weighted by Crippen LogP contribution is -2.48. The highest BCUT2D eigenvalue weighted by molar-refractivity contribution is 7.89. The topological polar surface area (TPSA) is 171 Å². The second-order valence-electron chi connectivity index (χ2n) is 13.1. The Hall–Kier alpha value is -4.46. The predicted molar refractivity (Wildman–Crippen MR) is 194 cm³/mol. The highest BCUT2D eigenvalue weighted by Crippen LogP contribution is 2.30. The van der Waals surface area contributed by atoms with Crippen LogP contribution in [-0.4, -0.2) is 79.3 Å². The highest BCUT2D eigenvalue weighted by Gasteiger charge is 2.33. The van der Waals surface area contributed by atoms with Crippen molar-refractivity contribution in [3.8, 4) is 5.75 Å². The SMILES string of the molecule is Cc1ccc(S(=O)(=O)N(C)C[C@H]2Oc3ccc(NC(=O)CCCCCC(=O)Nc4ccccc4N)cc3CC(=O)N([C@H](C)CO)C[C@@H]2C)cc1. The van der Waals surface area contributed by atoms with Crippen molar-refractivity contribution in [1.29, 1.82) is 0 Å². The molecule has 50 heavy (non-hydrogen) atoms. The van der Waals surface area contributed by atoms with E-state index < -0.39 is 22.2 Å². The molecule has 0 unspecified atom stereocenters. The van der Waals surface area contributed by atoms with Crippen molar-refractivity contribution in [3.63, 3.8) is 0 Å². The number of hydrogen-bond acceptors (Lipinski definition) is 8. The molecule has 3 atom stereocenters. The summed E-state index contributed by atoms with van der Waals surface area (Å²) in [5.74, 6) is -0.428. The van der Waals surface area contributed by atoms with Crippen molar-refractivity contribution in [3.05, 3.63) is 77.9 Å². The van der Waals surface area contributed by atoms with Crippen LogP contribution >= 0.6 is 0 Å². The van der Waals surface area contributed by atoms with Crippen LogP contribution in [-0.2, 0) is 30.8 Å². The van der Waals surface area contributed by atoms with Crippen LogP contribution in [0.5, 0.6) is 5.75 Å². The molecule has 0 spiro atoms. The first-order valence-corrected chi connectivity index (χ1v) is 18.4. The number of nitrogens with zero attached hydrogens (tertiary/aromatic N) is 2. The van der Waals surface area contributed by atoms with Gasteiger partial charge in [0.1, 0.15) is 11.9 Å². The molecular weight excluding hydrogens is 659 g/mol. The lowest BCUT2D eigenvalue weighted by Gasteiger charge is -2.33. The zero-order valence-corrected chi connectivity index (χ0v) is 30.0. The summed E-state index contributed by atoms with van der Waals surface area (Å²) < 4.78 is 34.6. The normalized spacial score (nSPS) is 17.2. The average molecular weight is 708 g/mol. The third-order valence-corrected chi connectivity index (χ3v) is 10.7. The number of carbonyl (C=O) groups is 3. The lowest BCUT2D eigenvalue weighted by atomic mass is 10.0. The lowest BCUT2D eigenvalue weighted by molar-refractivity contribution is -0.134. The number of nitrogens with one attached hydrogen (secondary N) is 2. The van der Waals surface area contributed by atoms with Crippen LogP contribution < -0.4 is 21.1 Å². The molecule has 0 aliphatic carbocycles. The van der Waals surface area contributed by atoms with E-state index in [1.165, 1.54) is 11.4 Å². The molecule has 1 aliphatic heterocycles. The molecule has 3 aromatic carbocycles. The number of anilines is 3. The van der Waals surface area contributed by atoms with Gasteiger partial charge in [-0.15, -0.1) is 0 Å². The smallest absolute Gasteiger partial charge is 0.242 e. The summed E-state index contributed by atoms with van der Waals surface area (Å²) in [6.45, 7) is 5.58. The van der Waals surface area contributed by atoms with Gasteiger partial charge in [0.25, 0.3) is 0 Å². The van der Waals surface area contributed by atoms with E-state index in [9.17, 15) is 27.9 Å². The molecule has 3 aromatic rings. The Labute approximate surface area is 295 Å². The number of aliphatic hydroxyl groups excluding tert-OH is 1. The number of carbonyl (C=O) groups excluding carboxylic acids is 3. The molecule has 0 aromatic heterocycles. The number of amides is 3. The number of sulfonamides is 1. The number of ether oxygens (including phenoxy) is 1. The molecule has 1 aliphatic rings. The highest BCUT2D eigenvalue weighted by atomic mass is 32.2. The van der Waals surface area contributed by atoms with Gasteiger partial charge < -0.3 is 31.1 Å². The number of para-hydroxylation sites is 2. The minimum atomic E-state index is -3.82. The molecule has 12 nitrogen and oxygen atoms in total. The fourth-order valence-corrected chi connectivity index (χ4v) is 6.94. The largest absolute Gasteiger partial charge is 0.488 e. The van der Waals surface area contributed by atoms with Gasteiger partial charge in [-0.1, -0.05) is 43.2 Å². The van der Waals surface area contributed by atoms with E-state index in [-0.39, 0.29) is 61.1 Å². The number of unbranched alkanes of at least 4 members (excludes halogenated alkanes) is 2. The number of nitrogens with two attached hydrogens (primary N) is 1. The van der Waals surface area contributed by atoms with E-state index in [2.05, 4.69) is 10.6 Å². The molecule has 0 fully saturated rings. The molecule has 5 N–H and O–H groups in total. The first kappa shape index (κ1) is 38.3. The molecule has 0 radical (unpaired) electrons. The molecular formula is C37H49N5O7S. The Bertz CT molecular complexity index is 1750. The van der Waals surface area contributed by atoms with Crippen molar-refractivity contribution < 1.29 is 32.6 Å². The second-order valence-corrected chi connectivity index (χ2v) is 15.1.